The van der Waals surface area contributed by atoms with Crippen molar-refractivity contribution in [3.63, 3.8) is 0 Å². The minimum Gasteiger partial charge on any atom is -0.373 e. The summed E-state index contributed by atoms with van der Waals surface area (Å²) >= 11 is 0. The van der Waals surface area contributed by atoms with Crippen LogP contribution < -0.4 is 10.6 Å². The molecular weight excluding hydrogens is 250 g/mol. The van der Waals surface area contributed by atoms with Gasteiger partial charge in [0, 0.05) is 25.2 Å². The maximum Gasteiger partial charge on any atom is 0.253 e. The molecule has 1 saturated carbocycles. The third-order valence-corrected chi connectivity index (χ3v) is 4.05. The number of carbonyl (C=O) groups excluding carboxylic acids is 1. The summed E-state index contributed by atoms with van der Waals surface area (Å²) in [5, 5.41) is 8.01. The van der Waals surface area contributed by atoms with Crippen LogP contribution in [0.4, 0.5) is 5.82 Å². The number of rotatable bonds is 4. The van der Waals surface area contributed by atoms with Gasteiger partial charge in [0.2, 0.25) is 0 Å². The Morgan fingerprint density at radius 2 is 2.05 bits per heavy atom. The summed E-state index contributed by atoms with van der Waals surface area (Å²) < 4.78 is 0. The second-order valence-electron chi connectivity index (χ2n) is 5.32. The van der Waals surface area contributed by atoms with Gasteiger partial charge in [-0.1, -0.05) is 30.7 Å². The molecule has 2 N–H and O–H groups in total. The van der Waals surface area contributed by atoms with Crippen molar-refractivity contribution in [2.75, 3.05) is 18.9 Å². The number of aromatic nitrogens is 1. The lowest BCUT2D eigenvalue weighted by Gasteiger charge is -2.25. The number of carbonyl (C=O) groups is 1. The molecule has 0 unspecified atom stereocenters. The number of benzene rings is 1. The highest BCUT2D eigenvalue weighted by Crippen LogP contribution is 2.26. The van der Waals surface area contributed by atoms with E-state index in [1.54, 1.807) is 6.20 Å². The average Bonchev–Trinajstić information content (AvgIpc) is 2.44. The van der Waals surface area contributed by atoms with Gasteiger partial charge in [-0.15, -0.1) is 0 Å². The molecule has 20 heavy (non-hydrogen) atoms. The Bertz CT molecular complexity index is 635. The molecule has 104 valence electrons. The molecule has 0 saturated heterocycles. The highest BCUT2D eigenvalue weighted by molar-refractivity contribution is 6.09. The van der Waals surface area contributed by atoms with Gasteiger partial charge in [-0.05, 0) is 24.1 Å². The molecule has 0 atom stereocenters. The SMILES string of the molecule is CNc1ncc(C(=O)NCC2CCC2)c2ccccc12. The van der Waals surface area contributed by atoms with E-state index in [4.69, 9.17) is 0 Å². The Labute approximate surface area is 118 Å². The minimum atomic E-state index is -0.0248. The molecule has 1 aliphatic carbocycles. The lowest BCUT2D eigenvalue weighted by Crippen LogP contribution is -2.32. The first-order valence-electron chi connectivity index (χ1n) is 7.13. The zero-order valence-electron chi connectivity index (χ0n) is 11.6. The lowest BCUT2D eigenvalue weighted by molar-refractivity contribution is 0.0940. The summed E-state index contributed by atoms with van der Waals surface area (Å²) in [6, 6.07) is 7.86. The van der Waals surface area contributed by atoms with Crippen molar-refractivity contribution in [1.82, 2.24) is 10.3 Å². The van der Waals surface area contributed by atoms with Crippen LogP contribution in [0.1, 0.15) is 29.6 Å². The molecule has 1 aromatic carbocycles. The van der Waals surface area contributed by atoms with E-state index in [1.165, 1.54) is 19.3 Å². The molecule has 1 aromatic heterocycles. The van der Waals surface area contributed by atoms with E-state index in [2.05, 4.69) is 15.6 Å². The van der Waals surface area contributed by atoms with Gasteiger partial charge in [0.05, 0.1) is 5.56 Å². The maximum absolute atomic E-state index is 12.3. The van der Waals surface area contributed by atoms with Gasteiger partial charge in [-0.2, -0.15) is 0 Å². The van der Waals surface area contributed by atoms with Gasteiger partial charge in [0.1, 0.15) is 5.82 Å². The highest BCUT2D eigenvalue weighted by Gasteiger charge is 2.19. The molecule has 1 aliphatic rings. The molecule has 3 rings (SSSR count). The predicted molar refractivity (Wildman–Crippen MR) is 81.0 cm³/mol. The number of hydrogen-bond donors (Lipinski definition) is 2. The molecule has 0 bridgehead atoms. The number of hydrogen-bond acceptors (Lipinski definition) is 3. The molecule has 4 heteroatoms. The molecule has 1 heterocycles. The van der Waals surface area contributed by atoms with Crippen molar-refractivity contribution < 1.29 is 4.79 Å². The van der Waals surface area contributed by atoms with Crippen LogP contribution in [0.5, 0.6) is 0 Å². The lowest BCUT2D eigenvalue weighted by atomic mass is 9.85. The van der Waals surface area contributed by atoms with Gasteiger partial charge in [0.25, 0.3) is 5.91 Å². The Morgan fingerprint density at radius 1 is 1.30 bits per heavy atom. The molecule has 1 amide bonds. The van der Waals surface area contributed by atoms with Crippen molar-refractivity contribution in [2.45, 2.75) is 19.3 Å². The van der Waals surface area contributed by atoms with Crippen LogP contribution >= 0.6 is 0 Å². The summed E-state index contributed by atoms with van der Waals surface area (Å²) in [4.78, 5) is 16.7. The Hall–Kier alpha value is -2.10. The Morgan fingerprint density at radius 3 is 2.70 bits per heavy atom. The standard InChI is InChI=1S/C16H19N3O/c1-17-15-13-8-3-2-7-12(13)14(10-18-15)16(20)19-9-11-5-4-6-11/h2-3,7-8,10-11H,4-6,9H2,1H3,(H,17,18)(H,19,20). The maximum atomic E-state index is 12.3. The quantitative estimate of drug-likeness (QED) is 0.897. The molecule has 4 nitrogen and oxygen atoms in total. The van der Waals surface area contributed by atoms with Crippen molar-refractivity contribution in [2.24, 2.45) is 5.92 Å². The van der Waals surface area contributed by atoms with E-state index in [-0.39, 0.29) is 5.91 Å². The van der Waals surface area contributed by atoms with Gasteiger partial charge in [0.15, 0.2) is 0 Å². The summed E-state index contributed by atoms with van der Waals surface area (Å²) in [6.07, 6.45) is 5.42. The summed E-state index contributed by atoms with van der Waals surface area (Å²) in [7, 11) is 1.84. The molecule has 0 aliphatic heterocycles. The minimum absolute atomic E-state index is 0.0248. The Balaban J connectivity index is 1.88. The van der Waals surface area contributed by atoms with E-state index in [1.807, 2.05) is 31.3 Å². The van der Waals surface area contributed by atoms with Crippen molar-refractivity contribution in [1.29, 1.82) is 0 Å². The molecule has 2 aromatic rings. The zero-order chi connectivity index (χ0) is 13.9. The number of anilines is 1. The van der Waals surface area contributed by atoms with Crippen molar-refractivity contribution in [3.8, 4) is 0 Å². The summed E-state index contributed by atoms with van der Waals surface area (Å²) in [5.74, 6) is 1.44. The van der Waals surface area contributed by atoms with E-state index < -0.39 is 0 Å². The van der Waals surface area contributed by atoms with Crippen LogP contribution in [-0.2, 0) is 0 Å². The van der Waals surface area contributed by atoms with Gasteiger partial charge >= 0.3 is 0 Å². The van der Waals surface area contributed by atoms with Crippen LogP contribution in [0.25, 0.3) is 10.8 Å². The van der Waals surface area contributed by atoms with E-state index in [9.17, 15) is 4.79 Å². The van der Waals surface area contributed by atoms with E-state index in [0.29, 0.717) is 11.5 Å². The van der Waals surface area contributed by atoms with Crippen molar-refractivity contribution in [3.05, 3.63) is 36.0 Å². The fourth-order valence-electron chi connectivity index (χ4n) is 2.60. The molecule has 0 spiro atoms. The predicted octanol–water partition coefficient (Wildman–Crippen LogP) is 2.81. The number of amides is 1. The Kier molecular flexibility index (Phi) is 3.54. The van der Waals surface area contributed by atoms with Gasteiger partial charge in [-0.25, -0.2) is 4.98 Å². The normalized spacial score (nSPS) is 14.8. The first-order chi connectivity index (χ1) is 9.79. The molecular formula is C16H19N3O. The van der Waals surface area contributed by atoms with E-state index in [0.717, 1.165) is 23.1 Å². The van der Waals surface area contributed by atoms with Gasteiger partial charge < -0.3 is 10.6 Å². The smallest absolute Gasteiger partial charge is 0.253 e. The largest absolute Gasteiger partial charge is 0.373 e. The first-order valence-corrected chi connectivity index (χ1v) is 7.13. The van der Waals surface area contributed by atoms with Crippen LogP contribution in [0.3, 0.4) is 0 Å². The van der Waals surface area contributed by atoms with Crippen LogP contribution in [-0.4, -0.2) is 24.5 Å². The third kappa shape index (κ3) is 2.33. The third-order valence-electron chi connectivity index (χ3n) is 4.05. The number of pyridine rings is 1. The fraction of sp³-hybridized carbons (Fsp3) is 0.375. The van der Waals surface area contributed by atoms with Crippen molar-refractivity contribution >= 4 is 22.5 Å². The molecule has 1 fully saturated rings. The van der Waals surface area contributed by atoms with Crippen LogP contribution in [0.15, 0.2) is 30.5 Å². The summed E-state index contributed by atoms with van der Waals surface area (Å²) in [5.41, 5.74) is 0.652. The number of fused-ring (bicyclic) bond motifs is 1. The second kappa shape index (κ2) is 5.49. The van der Waals surface area contributed by atoms with Crippen LogP contribution in [0, 0.1) is 5.92 Å². The number of nitrogens with zero attached hydrogens (tertiary/aromatic N) is 1. The topological polar surface area (TPSA) is 54.0 Å². The average molecular weight is 269 g/mol. The second-order valence-corrected chi connectivity index (χ2v) is 5.32. The summed E-state index contributed by atoms with van der Waals surface area (Å²) in [6.45, 7) is 0.779. The molecule has 0 radical (unpaired) electrons. The zero-order valence-corrected chi connectivity index (χ0v) is 11.6. The fourth-order valence-corrected chi connectivity index (χ4v) is 2.60. The number of nitrogens with one attached hydrogen (secondary N) is 2. The first kappa shape index (κ1) is 12.9. The van der Waals surface area contributed by atoms with Crippen LogP contribution in [0.2, 0.25) is 0 Å². The highest BCUT2D eigenvalue weighted by atomic mass is 16.1. The van der Waals surface area contributed by atoms with E-state index >= 15 is 0 Å². The van der Waals surface area contributed by atoms with Gasteiger partial charge in [-0.3, -0.25) is 4.79 Å². The monoisotopic (exact) mass is 269 g/mol.